The molecule has 18 nitrogen and oxygen atoms in total. The highest BCUT2D eigenvalue weighted by Gasteiger charge is 2.74. The second-order valence-electron chi connectivity index (χ2n) is 15.4. The van der Waals surface area contributed by atoms with Crippen LogP contribution in [0.15, 0.2) is 23.8 Å². The van der Waals surface area contributed by atoms with Gasteiger partial charge in [0, 0.05) is 23.7 Å². The van der Waals surface area contributed by atoms with Gasteiger partial charge in [-0.25, -0.2) is 4.79 Å². The third kappa shape index (κ3) is 8.96. The van der Waals surface area contributed by atoms with Crippen molar-refractivity contribution in [2.24, 2.45) is 28.6 Å². The lowest BCUT2D eigenvalue weighted by molar-refractivity contribution is -0.757. The number of esters is 2. The summed E-state index contributed by atoms with van der Waals surface area (Å²) in [5.41, 5.74) is -3.20. The van der Waals surface area contributed by atoms with Crippen LogP contribution in [0.1, 0.15) is 91.4 Å². The number of alkyl halides is 1. The second kappa shape index (κ2) is 17.7. The van der Waals surface area contributed by atoms with E-state index in [1.54, 1.807) is 19.9 Å². The molecule has 0 aromatic heterocycles. The summed E-state index contributed by atoms with van der Waals surface area (Å²) in [5.74, 6) is -4.85. The molecule has 0 bridgehead atoms. The second-order valence-corrected chi connectivity index (χ2v) is 16.0. The van der Waals surface area contributed by atoms with E-state index in [9.17, 15) is 54.4 Å². The summed E-state index contributed by atoms with van der Waals surface area (Å²) in [6.45, 7) is 3.91. The number of allylic oxidation sites excluding steroid dienone is 4. The van der Waals surface area contributed by atoms with Crippen LogP contribution in [0.5, 0.6) is 0 Å². The van der Waals surface area contributed by atoms with Crippen LogP contribution in [0.4, 0.5) is 0 Å². The van der Waals surface area contributed by atoms with Gasteiger partial charge < -0.3 is 34.7 Å². The minimum atomic E-state index is -2.03. The Morgan fingerprint density at radius 3 is 2.29 bits per heavy atom. The van der Waals surface area contributed by atoms with Crippen LogP contribution in [0.25, 0.3) is 0 Å². The topological polar surface area (TPSA) is 261 Å². The molecule has 9 atom stereocenters. The van der Waals surface area contributed by atoms with Crippen molar-refractivity contribution in [2.45, 2.75) is 114 Å². The molecule has 4 aliphatic carbocycles. The predicted molar refractivity (Wildman–Crippen MR) is 190 cm³/mol. The summed E-state index contributed by atoms with van der Waals surface area (Å²) in [6.07, 6.45) is 5.54. The van der Waals surface area contributed by atoms with Gasteiger partial charge >= 0.3 is 11.9 Å². The first-order chi connectivity index (χ1) is 25.8. The summed E-state index contributed by atoms with van der Waals surface area (Å²) in [6, 6.07) is -1.53. The molecule has 2 unspecified atom stereocenters. The smallest absolute Gasteiger partial charge is 0.329 e. The summed E-state index contributed by atoms with van der Waals surface area (Å²) in [4.78, 5) is 92.8. The highest BCUT2D eigenvalue weighted by Crippen LogP contribution is 2.70. The fourth-order valence-electron chi connectivity index (χ4n) is 9.31. The number of hydrogen-bond donors (Lipinski definition) is 3. The summed E-state index contributed by atoms with van der Waals surface area (Å²) in [7, 11) is 0. The van der Waals surface area contributed by atoms with E-state index in [1.165, 1.54) is 6.08 Å². The number of carbonyl (C=O) groups excluding carboxylic acids is 5. The number of aliphatic hydroxyl groups excluding tert-OH is 1. The molecule has 19 heteroatoms. The monoisotopic (exact) mass is 799 g/mol. The van der Waals surface area contributed by atoms with Crippen LogP contribution >= 0.6 is 11.6 Å². The highest BCUT2D eigenvalue weighted by molar-refractivity contribution is 6.26. The normalized spacial score (nSPS) is 32.5. The number of rotatable bonds is 20. The fraction of sp³-hybridized carbons (Fsp3) is 0.750. The number of Topliss-reactive ketones (excluding diaryl/α,β-unsaturated/α-hetero) is 1. The number of hydrogen-bond acceptors (Lipinski definition) is 15. The maximum atomic E-state index is 14.0. The Hall–Kier alpha value is -4.16. The Bertz CT molecular complexity index is 1590. The number of ether oxygens (including phenoxy) is 2. The molecule has 0 spiro atoms. The molecule has 0 radical (unpaired) electrons. The van der Waals surface area contributed by atoms with Crippen molar-refractivity contribution in [1.82, 2.24) is 5.32 Å². The van der Waals surface area contributed by atoms with Gasteiger partial charge in [-0.1, -0.05) is 44.9 Å². The van der Waals surface area contributed by atoms with E-state index in [2.05, 4.69) is 15.0 Å². The lowest BCUT2D eigenvalue weighted by Crippen LogP contribution is -2.68. The summed E-state index contributed by atoms with van der Waals surface area (Å²) < 4.78 is 10.5. The molecule has 55 heavy (non-hydrogen) atoms. The van der Waals surface area contributed by atoms with E-state index in [0.717, 1.165) is 5.57 Å². The first-order valence-corrected chi connectivity index (χ1v) is 18.9. The van der Waals surface area contributed by atoms with Crippen molar-refractivity contribution in [3.05, 3.63) is 44.0 Å². The van der Waals surface area contributed by atoms with Crippen molar-refractivity contribution in [3.63, 3.8) is 0 Å². The van der Waals surface area contributed by atoms with Crippen LogP contribution in [-0.2, 0) is 43.1 Å². The SMILES string of the molecule is C[C@H]1C[C@H]2[C@@H]3CC=C4CC(=O)C=C[C@]4(C)[C@@]3(Cl)[C@@H](O)C[C@]2(C)C1(O)C(=O)COC(=O)CC(NC(=O)CCCCCO[N+](=O)[O-])C(=O)OCCCCO[N+](=O)[O-]. The average Bonchev–Trinajstić information content (AvgIpc) is 3.31. The highest BCUT2D eigenvalue weighted by atomic mass is 35.5. The molecule has 4 aliphatic rings. The molecule has 2 saturated carbocycles. The number of nitrogens with zero attached hydrogens (tertiary/aromatic N) is 2. The van der Waals surface area contributed by atoms with Gasteiger partial charge in [0.1, 0.15) is 11.6 Å². The van der Waals surface area contributed by atoms with E-state index in [1.807, 2.05) is 13.0 Å². The number of aliphatic hydroxyl groups is 2. The maximum Gasteiger partial charge on any atom is 0.329 e. The van der Waals surface area contributed by atoms with Crippen molar-refractivity contribution >= 4 is 41.0 Å². The largest absolute Gasteiger partial charge is 0.464 e. The number of fused-ring (bicyclic) bond motifs is 5. The van der Waals surface area contributed by atoms with Gasteiger partial charge in [0.15, 0.2) is 12.4 Å². The number of unbranched alkanes of at least 4 members (excludes halogenated alkanes) is 3. The number of nitrogens with one attached hydrogen (secondary N) is 1. The van der Waals surface area contributed by atoms with Crippen LogP contribution in [0.2, 0.25) is 0 Å². The Morgan fingerprint density at radius 2 is 1.64 bits per heavy atom. The number of ketones is 2. The zero-order valence-electron chi connectivity index (χ0n) is 31.2. The van der Waals surface area contributed by atoms with E-state index in [0.29, 0.717) is 25.7 Å². The zero-order chi connectivity index (χ0) is 40.8. The van der Waals surface area contributed by atoms with Gasteiger partial charge in [-0.15, -0.1) is 31.8 Å². The molecule has 0 saturated heterocycles. The van der Waals surface area contributed by atoms with E-state index < -0.39 is 86.2 Å². The summed E-state index contributed by atoms with van der Waals surface area (Å²) in [5, 5.41) is 45.2. The van der Waals surface area contributed by atoms with Crippen LogP contribution in [0, 0.1) is 48.8 Å². The first kappa shape index (κ1) is 43.6. The lowest BCUT2D eigenvalue weighted by Gasteiger charge is -2.63. The third-order valence-electron chi connectivity index (χ3n) is 12.2. The van der Waals surface area contributed by atoms with Crippen LogP contribution in [-0.4, -0.2) is 98.8 Å². The molecule has 306 valence electrons. The molecule has 0 heterocycles. The van der Waals surface area contributed by atoms with Crippen molar-refractivity contribution in [3.8, 4) is 0 Å². The first-order valence-electron chi connectivity index (χ1n) is 18.5. The molecular weight excluding hydrogens is 750 g/mol. The van der Waals surface area contributed by atoms with Gasteiger partial charge in [-0.3, -0.25) is 19.2 Å². The van der Waals surface area contributed by atoms with Crippen LogP contribution < -0.4 is 5.32 Å². The van der Waals surface area contributed by atoms with Gasteiger partial charge in [-0.05, 0) is 68.8 Å². The molecule has 0 aliphatic heterocycles. The minimum absolute atomic E-state index is 0.0380. The van der Waals surface area contributed by atoms with E-state index in [-0.39, 0.29) is 76.0 Å². The summed E-state index contributed by atoms with van der Waals surface area (Å²) >= 11 is 7.46. The molecule has 3 N–H and O–H groups in total. The molecule has 1 amide bonds. The fourth-order valence-corrected chi connectivity index (χ4v) is 9.81. The van der Waals surface area contributed by atoms with Crippen molar-refractivity contribution < 1.29 is 63.5 Å². The molecule has 0 aromatic carbocycles. The van der Waals surface area contributed by atoms with Gasteiger partial charge in [-0.2, -0.15) is 0 Å². The van der Waals surface area contributed by atoms with Gasteiger partial charge in [0.05, 0.1) is 37.2 Å². The van der Waals surface area contributed by atoms with E-state index >= 15 is 0 Å². The molecule has 2 fully saturated rings. The van der Waals surface area contributed by atoms with Crippen molar-refractivity contribution in [1.29, 1.82) is 0 Å². The number of halogens is 1. The Labute approximate surface area is 322 Å². The Balaban J connectivity index is 1.40. The zero-order valence-corrected chi connectivity index (χ0v) is 32.0. The quantitative estimate of drug-likeness (QED) is 0.0399. The molecule has 0 aromatic rings. The van der Waals surface area contributed by atoms with E-state index in [4.69, 9.17) is 21.1 Å². The number of carbonyl (C=O) groups is 5. The standard InChI is InChI=1S/C36H50ClN3O15/c1-22-17-26-25-11-10-23-18-24(41)12-13-33(23,2)35(25,37)28(42)20-34(26,3)36(22,47)29(43)21-53-31(45)19-27(32(46)52-14-7-8-16-55-40(50)51)38-30(44)9-5-4-6-15-54-39(48)49/h10,12-13,22,25-28,42,47H,4-9,11,14-21H2,1-3H3,(H,38,44)/t22-,25-,26-,27?,28-,33-,34-,35-,36?/m0/s1. The molecular formula is C36H50ClN3O15. The Morgan fingerprint density at radius 1 is 1.00 bits per heavy atom. The van der Waals surface area contributed by atoms with Gasteiger partial charge in [0.25, 0.3) is 10.2 Å². The maximum absolute atomic E-state index is 14.0. The number of amides is 1. The predicted octanol–water partition coefficient (Wildman–Crippen LogP) is 2.89. The van der Waals surface area contributed by atoms with Crippen molar-refractivity contribution in [2.75, 3.05) is 26.4 Å². The third-order valence-corrected chi connectivity index (χ3v) is 13.1. The van der Waals surface area contributed by atoms with Gasteiger partial charge in [0.2, 0.25) is 11.7 Å². The Kier molecular flexibility index (Phi) is 14.1. The van der Waals surface area contributed by atoms with Crippen LogP contribution in [0.3, 0.4) is 0 Å². The average molecular weight is 800 g/mol. The minimum Gasteiger partial charge on any atom is -0.464 e. The molecule has 4 rings (SSSR count). The lowest BCUT2D eigenvalue weighted by atomic mass is 9.46.